The van der Waals surface area contributed by atoms with Crippen molar-refractivity contribution < 1.29 is 14.2 Å². The molecule has 0 aliphatic rings. The first-order valence-electron chi connectivity index (χ1n) is 4.84. The minimum absolute atomic E-state index is 0.0538. The average molecular weight is 313 g/mol. The van der Waals surface area contributed by atoms with Crippen LogP contribution < -0.4 is 15.8 Å². The molecule has 7 nitrogen and oxygen atoms in total. The molecule has 0 fully saturated rings. The summed E-state index contributed by atoms with van der Waals surface area (Å²) in [5.41, 5.74) is 5.92. The molecule has 0 unspecified atom stereocenters. The monoisotopic (exact) mass is 312 g/mol. The van der Waals surface area contributed by atoms with E-state index in [2.05, 4.69) is 36.2 Å². The van der Waals surface area contributed by atoms with Gasteiger partial charge in [-0.05, 0) is 44.4 Å². The number of methoxy groups -OCH3 is 1. The molecule has 3 N–H and O–H groups in total. The van der Waals surface area contributed by atoms with E-state index >= 15 is 0 Å². The van der Waals surface area contributed by atoms with Crippen molar-refractivity contribution in [2.45, 2.75) is 0 Å². The second-order valence-electron chi connectivity index (χ2n) is 3.30. The van der Waals surface area contributed by atoms with Crippen LogP contribution in [0.4, 0.5) is 11.5 Å². The molecular formula is C10H9BrN4O3. The maximum Gasteiger partial charge on any atom is 0.281 e. The number of nitrogens with one attached hydrogen (secondary N) is 1. The van der Waals surface area contributed by atoms with Crippen molar-refractivity contribution >= 4 is 33.3 Å². The Labute approximate surface area is 110 Å². The Bertz CT molecular complexity index is 584. The minimum atomic E-state index is -0.495. The molecule has 1 amide bonds. The summed E-state index contributed by atoms with van der Waals surface area (Å²) in [6, 6.07) is 5.09. The lowest BCUT2D eigenvalue weighted by atomic mass is 10.3. The van der Waals surface area contributed by atoms with Gasteiger partial charge in [0.05, 0.1) is 11.6 Å². The van der Waals surface area contributed by atoms with Crippen molar-refractivity contribution in [1.82, 2.24) is 10.3 Å². The third-order valence-electron chi connectivity index (χ3n) is 2.14. The van der Waals surface area contributed by atoms with Gasteiger partial charge < -0.3 is 15.8 Å². The summed E-state index contributed by atoms with van der Waals surface area (Å²) in [4.78, 5) is 11.8. The number of carbonyl (C=O) groups excluding carboxylic acids is 1. The van der Waals surface area contributed by atoms with E-state index in [9.17, 15) is 4.79 Å². The van der Waals surface area contributed by atoms with E-state index in [1.54, 1.807) is 25.3 Å². The van der Waals surface area contributed by atoms with Crippen LogP contribution in [-0.4, -0.2) is 23.3 Å². The number of benzene rings is 1. The van der Waals surface area contributed by atoms with Crippen LogP contribution >= 0.6 is 15.9 Å². The molecule has 0 atom stereocenters. The number of anilines is 2. The van der Waals surface area contributed by atoms with Gasteiger partial charge in [-0.2, -0.15) is 0 Å². The van der Waals surface area contributed by atoms with Gasteiger partial charge in [0.25, 0.3) is 5.91 Å². The molecule has 0 spiro atoms. The molecule has 0 aliphatic carbocycles. The summed E-state index contributed by atoms with van der Waals surface area (Å²) in [5, 5.41) is 9.34. The lowest BCUT2D eigenvalue weighted by molar-refractivity contribution is 0.101. The number of hydrogen-bond donors (Lipinski definition) is 2. The Morgan fingerprint density at radius 3 is 2.83 bits per heavy atom. The third-order valence-corrected chi connectivity index (χ3v) is 2.76. The predicted octanol–water partition coefficient (Wildman–Crippen LogP) is 1.68. The zero-order valence-corrected chi connectivity index (χ0v) is 10.9. The molecule has 0 saturated carbocycles. The first-order valence-corrected chi connectivity index (χ1v) is 5.64. The summed E-state index contributed by atoms with van der Waals surface area (Å²) < 4.78 is 10.1. The highest BCUT2D eigenvalue weighted by molar-refractivity contribution is 9.10. The molecule has 0 radical (unpaired) electrons. The molecule has 0 aliphatic heterocycles. The quantitative estimate of drug-likeness (QED) is 0.893. The molecule has 2 rings (SSSR count). The van der Waals surface area contributed by atoms with E-state index < -0.39 is 5.91 Å². The molecule has 1 heterocycles. The van der Waals surface area contributed by atoms with Crippen LogP contribution in [0.25, 0.3) is 0 Å². The molecule has 2 aromatic rings. The van der Waals surface area contributed by atoms with E-state index in [0.29, 0.717) is 15.9 Å². The van der Waals surface area contributed by atoms with Gasteiger partial charge in [-0.3, -0.25) is 4.79 Å². The molecule has 1 aromatic heterocycles. The largest absolute Gasteiger partial charge is 0.496 e. The van der Waals surface area contributed by atoms with Crippen molar-refractivity contribution in [3.05, 3.63) is 28.4 Å². The maximum atomic E-state index is 11.8. The molecule has 1 aromatic carbocycles. The molecular weight excluding hydrogens is 304 g/mol. The zero-order chi connectivity index (χ0) is 13.1. The lowest BCUT2D eigenvalue weighted by Crippen LogP contribution is -2.14. The summed E-state index contributed by atoms with van der Waals surface area (Å²) in [5.74, 6) is 0.113. The number of aromatic nitrogens is 2. The zero-order valence-electron chi connectivity index (χ0n) is 9.31. The molecule has 94 valence electrons. The van der Waals surface area contributed by atoms with E-state index in [1.165, 1.54) is 0 Å². The highest BCUT2D eigenvalue weighted by Crippen LogP contribution is 2.27. The fourth-order valence-electron chi connectivity index (χ4n) is 1.29. The van der Waals surface area contributed by atoms with Crippen LogP contribution in [0.1, 0.15) is 10.5 Å². The number of hydrogen-bond acceptors (Lipinski definition) is 6. The number of halogens is 1. The first-order chi connectivity index (χ1) is 8.61. The Hall–Kier alpha value is -2.09. The van der Waals surface area contributed by atoms with Crippen LogP contribution in [-0.2, 0) is 0 Å². The van der Waals surface area contributed by atoms with E-state index in [-0.39, 0.29) is 11.5 Å². The van der Waals surface area contributed by atoms with E-state index in [1.807, 2.05) is 0 Å². The fourth-order valence-corrected chi connectivity index (χ4v) is 1.83. The number of nitrogens with zero attached hydrogens (tertiary/aromatic N) is 2. The van der Waals surface area contributed by atoms with Gasteiger partial charge in [-0.15, -0.1) is 0 Å². The number of amides is 1. The van der Waals surface area contributed by atoms with Gasteiger partial charge in [0.15, 0.2) is 0 Å². The predicted molar refractivity (Wildman–Crippen MR) is 67.4 cm³/mol. The van der Waals surface area contributed by atoms with E-state index in [4.69, 9.17) is 10.5 Å². The number of nitrogens with two attached hydrogens (primary N) is 1. The van der Waals surface area contributed by atoms with Crippen LogP contribution in [0.2, 0.25) is 0 Å². The number of carbonyl (C=O) groups is 1. The lowest BCUT2D eigenvalue weighted by Gasteiger charge is -2.06. The molecule has 18 heavy (non-hydrogen) atoms. The molecule has 0 saturated heterocycles. The summed E-state index contributed by atoms with van der Waals surface area (Å²) in [6.07, 6.45) is 0. The van der Waals surface area contributed by atoms with Gasteiger partial charge in [0, 0.05) is 5.69 Å². The normalized spacial score (nSPS) is 10.1. The molecule has 0 bridgehead atoms. The Balaban J connectivity index is 2.17. The second kappa shape index (κ2) is 5.05. The fraction of sp³-hybridized carbons (Fsp3) is 0.100. The minimum Gasteiger partial charge on any atom is -0.496 e. The maximum absolute atomic E-state index is 11.8. The topological polar surface area (TPSA) is 103 Å². The van der Waals surface area contributed by atoms with Crippen molar-refractivity contribution in [2.24, 2.45) is 0 Å². The molecule has 8 heteroatoms. The van der Waals surface area contributed by atoms with Gasteiger partial charge >= 0.3 is 0 Å². The first kappa shape index (κ1) is 12.4. The summed E-state index contributed by atoms with van der Waals surface area (Å²) >= 11 is 3.31. The smallest absolute Gasteiger partial charge is 0.281 e. The van der Waals surface area contributed by atoms with Crippen molar-refractivity contribution in [3.63, 3.8) is 0 Å². The number of ether oxygens (including phenoxy) is 1. The van der Waals surface area contributed by atoms with Crippen molar-refractivity contribution in [1.29, 1.82) is 0 Å². The van der Waals surface area contributed by atoms with Crippen LogP contribution in [0.3, 0.4) is 0 Å². The number of nitrogen functional groups attached to an aromatic ring is 1. The summed E-state index contributed by atoms with van der Waals surface area (Å²) in [7, 11) is 1.56. The summed E-state index contributed by atoms with van der Waals surface area (Å²) in [6.45, 7) is 0. The third kappa shape index (κ3) is 2.43. The van der Waals surface area contributed by atoms with Gasteiger partial charge in [-0.25, -0.2) is 4.63 Å². The Morgan fingerprint density at radius 1 is 1.50 bits per heavy atom. The Kier molecular flexibility index (Phi) is 3.47. The highest BCUT2D eigenvalue weighted by Gasteiger charge is 2.16. The number of rotatable bonds is 3. The second-order valence-corrected chi connectivity index (χ2v) is 4.16. The van der Waals surface area contributed by atoms with Gasteiger partial charge in [0.1, 0.15) is 5.75 Å². The Morgan fingerprint density at radius 2 is 2.28 bits per heavy atom. The van der Waals surface area contributed by atoms with E-state index in [0.717, 1.165) is 0 Å². The van der Waals surface area contributed by atoms with Crippen LogP contribution in [0.15, 0.2) is 27.3 Å². The van der Waals surface area contributed by atoms with Crippen molar-refractivity contribution in [3.8, 4) is 5.75 Å². The highest BCUT2D eigenvalue weighted by atomic mass is 79.9. The van der Waals surface area contributed by atoms with Gasteiger partial charge in [-0.1, -0.05) is 0 Å². The average Bonchev–Trinajstić information content (AvgIpc) is 2.76. The standard InChI is InChI=1S/C10H9BrN4O3/c1-17-7-3-2-5(4-6(7)11)13-10(16)8-9(12)15-18-14-8/h2-4H,1H3,(H2,12,15)(H,13,16). The van der Waals surface area contributed by atoms with Crippen molar-refractivity contribution in [2.75, 3.05) is 18.2 Å². The SMILES string of the molecule is COc1ccc(NC(=O)c2nonc2N)cc1Br. The van der Waals surface area contributed by atoms with Crippen LogP contribution in [0.5, 0.6) is 5.75 Å². The van der Waals surface area contributed by atoms with Gasteiger partial charge in [0.2, 0.25) is 11.5 Å². The van der Waals surface area contributed by atoms with Crippen LogP contribution in [0, 0.1) is 0 Å².